The van der Waals surface area contributed by atoms with Crippen molar-refractivity contribution in [2.75, 3.05) is 22.3 Å². The van der Waals surface area contributed by atoms with Crippen LogP contribution in [0.5, 0.6) is 0 Å². The predicted octanol–water partition coefficient (Wildman–Crippen LogP) is -18.4. The second-order valence-corrected chi connectivity index (χ2v) is 21.3. The van der Waals surface area contributed by atoms with Crippen molar-refractivity contribution in [1.82, 2.24) is 0 Å². The summed E-state index contributed by atoms with van der Waals surface area (Å²) in [5, 5.41) is 7.66. The molecule has 0 aliphatic heterocycles. The molecule has 0 saturated heterocycles. The van der Waals surface area contributed by atoms with Crippen LogP contribution in [0.3, 0.4) is 0 Å². The molecule has 4 aromatic rings. The summed E-state index contributed by atoms with van der Waals surface area (Å²) in [6.07, 6.45) is 4.89. The Kier molecular flexibility index (Phi) is 26.2. The van der Waals surface area contributed by atoms with Crippen LogP contribution in [0.2, 0.25) is 0 Å². The van der Waals surface area contributed by atoms with Gasteiger partial charge in [0, 0.05) is 11.1 Å². The van der Waals surface area contributed by atoms with Gasteiger partial charge in [0.1, 0.15) is 60.7 Å². The Balaban J connectivity index is 0.00000840. The van der Waals surface area contributed by atoms with Crippen molar-refractivity contribution in [3.05, 3.63) is 106 Å². The van der Waals surface area contributed by atoms with Gasteiger partial charge in [-0.3, -0.25) is 20.4 Å². The molecule has 38 heteroatoms. The van der Waals surface area contributed by atoms with Crippen LogP contribution in [-0.4, -0.2) is 101 Å². The minimum Gasteiger partial charge on any atom is -0.744 e. The van der Waals surface area contributed by atoms with E-state index in [1.165, 1.54) is 0 Å². The van der Waals surface area contributed by atoms with Gasteiger partial charge in [-0.15, -0.1) is 0 Å². The first-order valence-electron chi connectivity index (χ1n) is 17.0. The Morgan fingerprint density at radius 1 is 0.389 bits per heavy atom. The first kappa shape index (κ1) is 71.4. The molecule has 348 valence electrons. The average molecular weight is 1160 g/mol. The van der Waals surface area contributed by atoms with E-state index in [2.05, 4.69) is 21.1 Å². The average Bonchev–Trinajstić information content (AvgIpc) is 3.17. The molecule has 2 aliphatic carbocycles. The predicted molar refractivity (Wildman–Crippen MR) is 219 cm³/mol. The first-order chi connectivity index (χ1) is 30.2. The number of fused-ring (bicyclic) bond motifs is 2. The van der Waals surface area contributed by atoms with Crippen LogP contribution in [0.15, 0.2) is 112 Å². The van der Waals surface area contributed by atoms with Crippen LogP contribution < -0.4 is 200 Å². The van der Waals surface area contributed by atoms with Gasteiger partial charge in [-0.1, -0.05) is 24.3 Å². The van der Waals surface area contributed by atoms with E-state index in [4.69, 9.17) is 11.5 Å². The number of carbonyl (C=O) groups is 2. The third-order valence-corrected chi connectivity index (χ3v) is 14.3. The number of nitrogens with one attached hydrogen (secondary N) is 2. The van der Waals surface area contributed by atoms with Crippen LogP contribution >= 0.6 is 0 Å². The van der Waals surface area contributed by atoms with Crippen LogP contribution in [0.25, 0.3) is 12.2 Å². The second-order valence-electron chi connectivity index (χ2n) is 13.2. The fraction of sp³-hybridized carbons (Fsp3) is 0. The van der Waals surface area contributed by atoms with E-state index < -0.39 is 158 Å². The number of nitrogens with zero attached hydrogens (tertiary/aromatic N) is 2. The smallest absolute Gasteiger partial charge is 0.744 e. The summed E-state index contributed by atoms with van der Waals surface area (Å²) in [4.78, 5) is 17.8. The minimum atomic E-state index is -5.66. The quantitative estimate of drug-likeness (QED) is 0.0336. The molecule has 0 radical (unpaired) electrons. The van der Waals surface area contributed by atoms with Gasteiger partial charge >= 0.3 is 177 Å². The molecular formula is C34H20N6Na6O20S6. The fourth-order valence-electron chi connectivity index (χ4n) is 6.30. The number of allylic oxidation sites excluding steroid dienone is 4. The largest absolute Gasteiger partial charge is 1.00 e. The summed E-state index contributed by atoms with van der Waals surface area (Å²) >= 11 is 0. The van der Waals surface area contributed by atoms with E-state index in [1.807, 2.05) is 0 Å². The van der Waals surface area contributed by atoms with Crippen LogP contribution in [0.4, 0.5) is 22.7 Å². The first-order valence-corrected chi connectivity index (χ1v) is 25.4. The van der Waals surface area contributed by atoms with Crippen molar-refractivity contribution in [2.45, 2.75) is 29.4 Å². The Bertz CT molecular complexity index is 3530. The molecule has 0 aromatic heterocycles. The number of carbonyl (C=O) groups excluding carboxylic acids is 2. The molecule has 0 atom stereocenters. The van der Waals surface area contributed by atoms with Gasteiger partial charge in [0.25, 0.3) is 0 Å². The number of nitrogen functional groups attached to an aromatic ring is 2. The number of benzene rings is 4. The Morgan fingerprint density at radius 2 is 0.667 bits per heavy atom. The molecule has 0 spiro atoms. The maximum atomic E-state index is 12.7. The van der Waals surface area contributed by atoms with Gasteiger partial charge in [-0.05, 0) is 71.8 Å². The van der Waals surface area contributed by atoms with Crippen molar-refractivity contribution >= 4 is 119 Å². The Morgan fingerprint density at radius 3 is 0.931 bits per heavy atom. The van der Waals surface area contributed by atoms with Crippen molar-refractivity contribution in [3.8, 4) is 0 Å². The van der Waals surface area contributed by atoms with Crippen molar-refractivity contribution in [2.24, 2.45) is 10.2 Å². The second kappa shape index (κ2) is 26.4. The Hall–Kier alpha value is -0.560. The van der Waals surface area contributed by atoms with Crippen molar-refractivity contribution in [3.63, 3.8) is 0 Å². The van der Waals surface area contributed by atoms with Gasteiger partial charge in [-0.2, -0.15) is 10.2 Å². The molecule has 0 fully saturated rings. The molecular weight excluding hydrogens is 1140 g/mol. The van der Waals surface area contributed by atoms with Gasteiger partial charge in [0.15, 0.2) is 11.6 Å². The molecule has 6 N–H and O–H groups in total. The molecule has 0 heterocycles. The van der Waals surface area contributed by atoms with E-state index in [-0.39, 0.29) is 201 Å². The van der Waals surface area contributed by atoms with E-state index >= 15 is 0 Å². The third-order valence-electron chi connectivity index (χ3n) is 9.07. The van der Waals surface area contributed by atoms with Gasteiger partial charge in [0.05, 0.1) is 74.7 Å². The third kappa shape index (κ3) is 16.0. The fourth-order valence-corrected chi connectivity index (χ4v) is 10.5. The molecule has 6 rings (SSSR count). The SMILES string of the molecule is Nc1c(S(=O)(=O)[O-])cc(S(=O)(=O)[O-])c2c1C(=O)C=C/C2=N\Nc1ccc(/C=C/c2ccc(N/N=C3\C=CC(=O)c4c(N)c(S(=O)(=O)[O-])cc(S(=O)(=O)[O-])c43)cc2S(=O)(=O)[O-])c(S(=O)(=O)[O-])c1.[Na+].[Na+].[Na+].[Na+].[Na+].[Na+]. The Labute approximate surface area is 542 Å². The van der Waals surface area contributed by atoms with Crippen LogP contribution in [-0.2, 0) is 60.7 Å². The molecule has 26 nitrogen and oxygen atoms in total. The summed E-state index contributed by atoms with van der Waals surface area (Å²) in [7, 11) is -33.3. The van der Waals surface area contributed by atoms with Crippen molar-refractivity contribution in [1.29, 1.82) is 0 Å². The van der Waals surface area contributed by atoms with E-state index in [0.29, 0.717) is 24.3 Å². The summed E-state index contributed by atoms with van der Waals surface area (Å²) in [5.74, 6) is -2.27. The molecule has 0 amide bonds. The zero-order chi connectivity index (χ0) is 49.3. The van der Waals surface area contributed by atoms with Crippen molar-refractivity contribution < 1.29 is 265 Å². The maximum absolute atomic E-state index is 12.7. The number of hydrogen-bond acceptors (Lipinski definition) is 26. The number of hydrazone groups is 2. The zero-order valence-electron chi connectivity index (χ0n) is 37.7. The standard InChI is InChI=1S/C34H26N6O20S6.6Na/c35-33-27(65(55,56)57)13-25(63(49,50)51)29-19(7-9-21(41)31(29)33)39-37-17-5-3-15(23(11-17)61(43,44)45)1-2-16-4-6-18(12-24(16)62(46,47)48)38-40-20-8-10-22(42)32-30(20)26(64(52,53)54)14-28(34(32)36)66(58,59)60;;;;;;/h1-14,37-38H,35-36H2,(H,43,44,45)(H,46,47,48)(H,49,50,51)(H,52,53,54)(H,55,56,57)(H,58,59,60);;;;;;/q;6*+1/p-6/b2-1+,39-19+,40-20+;;;;;;. The number of anilines is 4. The monoisotopic (exact) mass is 1160 g/mol. The van der Waals surface area contributed by atoms with E-state index in [0.717, 1.165) is 48.6 Å². The molecule has 0 saturated carbocycles. The molecule has 2 aliphatic rings. The number of ketones is 2. The van der Waals surface area contributed by atoms with E-state index in [1.54, 1.807) is 0 Å². The minimum absolute atomic E-state index is 0. The molecule has 0 bridgehead atoms. The summed E-state index contributed by atoms with van der Waals surface area (Å²) in [6, 6.07) is 5.67. The normalized spacial score (nSPS) is 14.6. The van der Waals surface area contributed by atoms with Gasteiger partial charge in [-0.25, -0.2) is 50.5 Å². The molecule has 72 heavy (non-hydrogen) atoms. The van der Waals surface area contributed by atoms with Gasteiger partial charge < -0.3 is 38.8 Å². The maximum Gasteiger partial charge on any atom is 1.00 e. The molecule has 4 aromatic carbocycles. The molecule has 0 unspecified atom stereocenters. The topological polar surface area (TPSA) is 478 Å². The number of hydrogen-bond donors (Lipinski definition) is 4. The summed E-state index contributed by atoms with van der Waals surface area (Å²) in [6.45, 7) is 0. The van der Waals surface area contributed by atoms with Crippen LogP contribution in [0, 0.1) is 0 Å². The van der Waals surface area contributed by atoms with Crippen LogP contribution in [0.1, 0.15) is 43.0 Å². The van der Waals surface area contributed by atoms with E-state index in [9.17, 15) is 87.4 Å². The number of rotatable bonds is 12. The summed E-state index contributed by atoms with van der Waals surface area (Å²) in [5.41, 5.74) is 7.72. The zero-order valence-corrected chi connectivity index (χ0v) is 54.6. The summed E-state index contributed by atoms with van der Waals surface area (Å²) < 4.78 is 218. The van der Waals surface area contributed by atoms with Gasteiger partial charge in [0.2, 0.25) is 0 Å². The number of nitrogens with two attached hydrogens (primary N) is 2.